The van der Waals surface area contributed by atoms with E-state index < -0.39 is 16.6 Å². The average molecular weight is 391 g/mol. The van der Waals surface area contributed by atoms with Gasteiger partial charge >= 0.3 is 136 Å². The van der Waals surface area contributed by atoms with Gasteiger partial charge in [0.15, 0.2) is 0 Å². The Balaban J connectivity index is 0.000000845. The first-order valence-electron chi connectivity index (χ1n) is 8.36. The van der Waals surface area contributed by atoms with Crippen molar-refractivity contribution in [3.63, 3.8) is 0 Å². The summed E-state index contributed by atoms with van der Waals surface area (Å²) in [4.78, 5) is 0. The van der Waals surface area contributed by atoms with E-state index in [4.69, 9.17) is 0 Å². The third kappa shape index (κ3) is 2.39. The topological polar surface area (TPSA) is 0 Å². The number of hydrogen-bond donors (Lipinski definition) is 0. The summed E-state index contributed by atoms with van der Waals surface area (Å²) in [6.45, 7) is 2.34. The van der Waals surface area contributed by atoms with E-state index in [1.54, 1.807) is 16.7 Å². The quantitative estimate of drug-likeness (QED) is 0.633. The van der Waals surface area contributed by atoms with Crippen LogP contribution in [0.1, 0.15) is 28.7 Å². The van der Waals surface area contributed by atoms with Crippen molar-refractivity contribution in [3.05, 3.63) is 81.3 Å². The van der Waals surface area contributed by atoms with E-state index in [1.807, 2.05) is 3.88 Å². The molecule has 0 N–H and O–H groups in total. The van der Waals surface area contributed by atoms with Crippen molar-refractivity contribution in [1.82, 2.24) is 0 Å². The van der Waals surface area contributed by atoms with Gasteiger partial charge in [-0.1, -0.05) is 0 Å². The molecule has 122 valence electrons. The smallest absolute Gasteiger partial charge is 1.00 e. The third-order valence-corrected chi connectivity index (χ3v) is 13.9. The third-order valence-electron chi connectivity index (χ3n) is 5.94. The first-order chi connectivity index (χ1) is 10.8. The molecule has 0 aromatic heterocycles. The van der Waals surface area contributed by atoms with Crippen LogP contribution in [-0.2, 0) is 16.6 Å². The molecule has 3 heteroatoms. The summed E-state index contributed by atoms with van der Waals surface area (Å²) in [7, 11) is 0. The predicted molar refractivity (Wildman–Crippen MR) is 89.8 cm³/mol. The molecule has 0 amide bonds. The molecule has 0 radical (unpaired) electrons. The largest absolute Gasteiger partial charge is 1.00 e. The Morgan fingerprint density at radius 2 is 1.38 bits per heavy atom. The number of benzene rings is 2. The van der Waals surface area contributed by atoms with Crippen LogP contribution in [0.25, 0.3) is 11.1 Å². The maximum atomic E-state index is 2.41. The average Bonchev–Trinajstić information content (AvgIpc) is 3.09. The Morgan fingerprint density at radius 3 is 1.83 bits per heavy atom. The molecule has 1 aliphatic heterocycles. The molecule has 0 atom stereocenters. The van der Waals surface area contributed by atoms with Crippen molar-refractivity contribution in [2.45, 2.75) is 27.0 Å². The second-order valence-corrected chi connectivity index (χ2v) is 14.0. The summed E-state index contributed by atoms with van der Waals surface area (Å²) in [5.74, 6) is 0. The van der Waals surface area contributed by atoms with E-state index in [2.05, 4.69) is 67.6 Å². The van der Waals surface area contributed by atoms with Crippen LogP contribution in [0, 0.1) is 0 Å². The van der Waals surface area contributed by atoms with Crippen molar-refractivity contribution >= 4 is 0 Å². The minimum absolute atomic E-state index is 0. The van der Waals surface area contributed by atoms with Gasteiger partial charge < -0.3 is 24.8 Å². The molecule has 0 bridgehead atoms. The normalized spacial score (nSPS) is 18.0. The second kappa shape index (κ2) is 6.50. The first kappa shape index (κ1) is 18.0. The molecule has 2 aromatic rings. The molecule has 1 heterocycles. The summed E-state index contributed by atoms with van der Waals surface area (Å²) in [6, 6.07) is 18.4. The molecule has 0 saturated carbocycles. The van der Waals surface area contributed by atoms with Crippen LogP contribution in [0.15, 0.2) is 70.1 Å². The monoisotopic (exact) mass is 390 g/mol. The Kier molecular flexibility index (Phi) is 4.88. The minimum atomic E-state index is -1.94. The van der Waals surface area contributed by atoms with Gasteiger partial charge in [-0.2, -0.15) is 0 Å². The standard InChI is InChI=1S/C13H9.C6H7.C2H4.2ClH.Ti/c1-3-7-12-10(5-1)9-11-6-2-4-8-13(11)12;1-6-4-2-3-5-6;1-2;;;/h1-9H;2,4H,3H2,1H3;1-2H2;2*1H;/q;;;;;+2/p-2. The maximum Gasteiger partial charge on any atom is -1.00 e. The van der Waals surface area contributed by atoms with Crippen LogP contribution >= 0.6 is 0 Å². The molecule has 2 aromatic carbocycles. The summed E-state index contributed by atoms with van der Waals surface area (Å²) in [5, 5.41) is 0. The maximum absolute atomic E-state index is 2.41. The molecule has 1 saturated heterocycles. The molecule has 24 heavy (non-hydrogen) atoms. The number of hydrogen-bond acceptors (Lipinski definition) is 0. The predicted octanol–water partition coefficient (Wildman–Crippen LogP) is 0.00240. The number of allylic oxidation sites excluding steroid dienone is 4. The Bertz CT molecular complexity index is 801. The van der Waals surface area contributed by atoms with Gasteiger partial charge in [0.05, 0.1) is 0 Å². The van der Waals surface area contributed by atoms with Gasteiger partial charge in [0.25, 0.3) is 0 Å². The minimum Gasteiger partial charge on any atom is -1.00 e. The molecule has 1 fully saturated rings. The fourth-order valence-corrected chi connectivity index (χ4v) is 14.2. The van der Waals surface area contributed by atoms with Gasteiger partial charge in [0.1, 0.15) is 0 Å². The van der Waals surface area contributed by atoms with Crippen molar-refractivity contribution in [2.24, 2.45) is 0 Å². The van der Waals surface area contributed by atoms with Crippen LogP contribution in [-0.4, -0.2) is 0 Å². The molecule has 5 rings (SSSR count). The molecule has 3 aliphatic rings. The zero-order chi connectivity index (χ0) is 14.7. The van der Waals surface area contributed by atoms with Crippen LogP contribution in [0.4, 0.5) is 0 Å². The summed E-state index contributed by atoms with van der Waals surface area (Å²) < 4.78 is 5.69. The van der Waals surface area contributed by atoms with E-state index in [0.29, 0.717) is 0 Å². The van der Waals surface area contributed by atoms with Crippen LogP contribution in [0.2, 0.25) is 9.45 Å². The summed E-state index contributed by atoms with van der Waals surface area (Å²) in [6.07, 6.45) is 6.00. The van der Waals surface area contributed by atoms with E-state index in [9.17, 15) is 0 Å². The zero-order valence-electron chi connectivity index (χ0n) is 13.7. The van der Waals surface area contributed by atoms with E-state index in [-0.39, 0.29) is 24.8 Å². The van der Waals surface area contributed by atoms with E-state index >= 15 is 0 Å². The molecular formula is C21H20Cl2Ti. The van der Waals surface area contributed by atoms with Crippen LogP contribution in [0.3, 0.4) is 0 Å². The Labute approximate surface area is 160 Å². The number of rotatable bonds is 2. The summed E-state index contributed by atoms with van der Waals surface area (Å²) in [5.41, 5.74) is 7.87. The first-order valence-corrected chi connectivity index (χ1v) is 12.3. The Hall–Kier alpha value is -0.786. The van der Waals surface area contributed by atoms with Gasteiger partial charge in [-0.3, -0.25) is 0 Å². The van der Waals surface area contributed by atoms with E-state index in [0.717, 1.165) is 4.22 Å². The van der Waals surface area contributed by atoms with Crippen LogP contribution < -0.4 is 24.8 Å². The molecule has 0 unspecified atom stereocenters. The van der Waals surface area contributed by atoms with Gasteiger partial charge in [-0.25, -0.2) is 0 Å². The van der Waals surface area contributed by atoms with Gasteiger partial charge in [0.2, 0.25) is 0 Å². The van der Waals surface area contributed by atoms with Crippen molar-refractivity contribution in [3.8, 4) is 11.1 Å². The van der Waals surface area contributed by atoms with Gasteiger partial charge in [-0.05, 0) is 0 Å². The molecule has 2 aliphatic carbocycles. The fourth-order valence-electron chi connectivity index (χ4n) is 4.86. The van der Waals surface area contributed by atoms with Gasteiger partial charge in [-0.15, -0.1) is 0 Å². The van der Waals surface area contributed by atoms with E-state index in [1.165, 1.54) is 27.0 Å². The van der Waals surface area contributed by atoms with Gasteiger partial charge in [0, 0.05) is 0 Å². The van der Waals surface area contributed by atoms with Crippen LogP contribution in [0.5, 0.6) is 0 Å². The van der Waals surface area contributed by atoms with Crippen molar-refractivity contribution in [2.75, 3.05) is 0 Å². The Morgan fingerprint density at radius 1 is 0.833 bits per heavy atom. The second-order valence-electron chi connectivity index (χ2n) is 7.03. The van der Waals surface area contributed by atoms with Crippen molar-refractivity contribution < 1.29 is 41.4 Å². The summed E-state index contributed by atoms with van der Waals surface area (Å²) >= 11 is -1.94. The fraction of sp³-hybridized carbons (Fsp3) is 0.238. The SMILES string of the molecule is CC1=[C]([Ti+2]2([CH]3c4ccccc4-c4ccccc43)[CH2][CH2]2)CC=C1.[Cl-].[Cl-]. The number of halogens is 2. The molecule has 0 spiro atoms. The number of fused-ring (bicyclic) bond motifs is 3. The molecule has 0 nitrogen and oxygen atoms in total. The molecular weight excluding hydrogens is 371 g/mol. The van der Waals surface area contributed by atoms with Crippen molar-refractivity contribution in [1.29, 1.82) is 0 Å². The zero-order valence-corrected chi connectivity index (χ0v) is 16.8.